The number of rotatable bonds is 8. The van der Waals surface area contributed by atoms with E-state index in [0.717, 1.165) is 21.1 Å². The Hall–Kier alpha value is -3.98. The summed E-state index contributed by atoms with van der Waals surface area (Å²) in [6.07, 6.45) is 0. The van der Waals surface area contributed by atoms with Gasteiger partial charge in [0, 0.05) is 18.2 Å². The van der Waals surface area contributed by atoms with Gasteiger partial charge in [-0.15, -0.1) is 11.3 Å². The van der Waals surface area contributed by atoms with Crippen molar-refractivity contribution in [2.75, 3.05) is 20.8 Å². The molecule has 1 N–H and O–H groups in total. The summed E-state index contributed by atoms with van der Waals surface area (Å²) in [5.74, 6) is 0.456. The number of nitrogens with zero attached hydrogens (tertiary/aromatic N) is 3. The molecule has 174 valence electrons. The summed E-state index contributed by atoms with van der Waals surface area (Å²) in [5, 5.41) is 8.23. The molecule has 0 bridgehead atoms. The van der Waals surface area contributed by atoms with E-state index >= 15 is 0 Å². The number of amides is 1. The quantitative estimate of drug-likeness (QED) is 0.416. The molecular weight excluding hydrogens is 452 g/mol. The van der Waals surface area contributed by atoms with Crippen LogP contribution in [0.4, 0.5) is 0 Å². The van der Waals surface area contributed by atoms with Gasteiger partial charge in [-0.1, -0.05) is 36.4 Å². The predicted molar refractivity (Wildman–Crippen MR) is 132 cm³/mol. The second-order valence-electron chi connectivity index (χ2n) is 7.37. The maximum atomic E-state index is 12.8. The van der Waals surface area contributed by atoms with Crippen LogP contribution in [0, 0.1) is 6.92 Å². The van der Waals surface area contributed by atoms with Crippen LogP contribution in [0.25, 0.3) is 21.1 Å². The molecule has 0 fully saturated rings. The minimum atomic E-state index is -0.357. The summed E-state index contributed by atoms with van der Waals surface area (Å²) < 4.78 is 11.9. The van der Waals surface area contributed by atoms with E-state index in [-0.39, 0.29) is 24.6 Å². The minimum Gasteiger partial charge on any atom is -0.496 e. The third-order valence-electron chi connectivity index (χ3n) is 5.18. The van der Waals surface area contributed by atoms with Crippen molar-refractivity contribution in [1.29, 1.82) is 0 Å². The number of aryl methyl sites for hydroxylation is 1. The Morgan fingerprint density at radius 2 is 1.71 bits per heavy atom. The summed E-state index contributed by atoms with van der Waals surface area (Å²) in [5.41, 5.74) is 2.59. The number of hydrogen-bond acceptors (Lipinski definition) is 7. The van der Waals surface area contributed by atoms with E-state index in [2.05, 4.69) is 15.4 Å². The lowest BCUT2D eigenvalue weighted by Gasteiger charge is -2.13. The second-order valence-corrected chi connectivity index (χ2v) is 8.37. The number of ether oxygens (including phenoxy) is 2. The van der Waals surface area contributed by atoms with Gasteiger partial charge in [0.2, 0.25) is 0 Å². The molecule has 0 aliphatic carbocycles. The number of methoxy groups -OCH3 is 2. The molecule has 2 aromatic carbocycles. The summed E-state index contributed by atoms with van der Waals surface area (Å²) in [7, 11) is 2.98. The molecule has 0 radical (unpaired) electrons. The fourth-order valence-corrected chi connectivity index (χ4v) is 4.54. The highest BCUT2D eigenvalue weighted by Crippen LogP contribution is 2.33. The van der Waals surface area contributed by atoms with Crippen LogP contribution in [0.2, 0.25) is 0 Å². The van der Waals surface area contributed by atoms with Crippen LogP contribution in [0.3, 0.4) is 0 Å². The molecule has 8 nitrogen and oxygen atoms in total. The molecule has 4 aromatic rings. The Morgan fingerprint density at radius 1 is 1.00 bits per heavy atom. The number of hydrogen-bond donors (Lipinski definition) is 1. The zero-order valence-corrected chi connectivity index (χ0v) is 19.9. The lowest BCUT2D eigenvalue weighted by molar-refractivity contribution is 0.0945. The Kier molecular flexibility index (Phi) is 7.03. The van der Waals surface area contributed by atoms with Crippen molar-refractivity contribution in [3.63, 3.8) is 0 Å². The van der Waals surface area contributed by atoms with Crippen LogP contribution in [0.1, 0.15) is 16.1 Å². The summed E-state index contributed by atoms with van der Waals surface area (Å²) in [4.78, 5) is 30.7. The first-order valence-corrected chi connectivity index (χ1v) is 11.4. The maximum Gasteiger partial charge on any atom is 0.266 e. The van der Waals surface area contributed by atoms with E-state index in [1.165, 1.54) is 36.3 Å². The van der Waals surface area contributed by atoms with Gasteiger partial charge in [0.15, 0.2) is 0 Å². The van der Waals surface area contributed by atoms with E-state index < -0.39 is 0 Å². The highest BCUT2D eigenvalue weighted by molar-refractivity contribution is 7.18. The fourth-order valence-electron chi connectivity index (χ4n) is 3.51. The standard InChI is InChI=1S/C25H24N4O4S/c1-16-23(34-25(27-16)17-8-5-4-6-9-17)18-12-13-21(30)29(28-18)15-14-26-24(31)22-19(32-2)10-7-11-20(22)33-3/h4-13H,14-15H2,1-3H3,(H,26,31). The summed E-state index contributed by atoms with van der Waals surface area (Å²) in [6, 6.07) is 18.2. The van der Waals surface area contributed by atoms with Crippen molar-refractivity contribution in [3.8, 4) is 32.6 Å². The number of carbonyl (C=O) groups is 1. The van der Waals surface area contributed by atoms with Gasteiger partial charge in [-0.05, 0) is 25.1 Å². The molecule has 0 atom stereocenters. The Labute approximate surface area is 200 Å². The highest BCUT2D eigenvalue weighted by atomic mass is 32.1. The van der Waals surface area contributed by atoms with Gasteiger partial charge in [-0.3, -0.25) is 9.59 Å². The molecule has 2 heterocycles. The molecular formula is C25H24N4O4S. The molecule has 2 aromatic heterocycles. The Morgan fingerprint density at radius 3 is 2.38 bits per heavy atom. The lowest BCUT2D eigenvalue weighted by atomic mass is 10.1. The number of thiazole rings is 1. The fraction of sp³-hybridized carbons (Fsp3) is 0.200. The molecule has 0 spiro atoms. The first kappa shape index (κ1) is 23.2. The van der Waals surface area contributed by atoms with Gasteiger partial charge in [-0.2, -0.15) is 5.10 Å². The first-order valence-electron chi connectivity index (χ1n) is 10.6. The smallest absolute Gasteiger partial charge is 0.266 e. The second kappa shape index (κ2) is 10.3. The van der Waals surface area contributed by atoms with Crippen molar-refractivity contribution in [2.24, 2.45) is 0 Å². The molecule has 0 saturated heterocycles. The number of nitrogens with one attached hydrogen (secondary N) is 1. The first-order chi connectivity index (χ1) is 16.5. The summed E-state index contributed by atoms with van der Waals surface area (Å²) in [6.45, 7) is 2.34. The van der Waals surface area contributed by atoms with Crippen LogP contribution in [0.15, 0.2) is 65.5 Å². The van der Waals surface area contributed by atoms with Crippen LogP contribution < -0.4 is 20.3 Å². The third kappa shape index (κ3) is 4.84. The average molecular weight is 477 g/mol. The zero-order valence-electron chi connectivity index (χ0n) is 19.1. The highest BCUT2D eigenvalue weighted by Gasteiger charge is 2.18. The largest absolute Gasteiger partial charge is 0.496 e. The van der Waals surface area contributed by atoms with Gasteiger partial charge in [-0.25, -0.2) is 9.67 Å². The minimum absolute atomic E-state index is 0.202. The van der Waals surface area contributed by atoms with Crippen molar-refractivity contribution in [1.82, 2.24) is 20.1 Å². The van der Waals surface area contributed by atoms with Crippen LogP contribution in [-0.2, 0) is 6.54 Å². The molecule has 34 heavy (non-hydrogen) atoms. The Bertz CT molecular complexity index is 1340. The van der Waals surface area contributed by atoms with E-state index in [1.807, 2.05) is 37.3 Å². The molecule has 1 amide bonds. The summed E-state index contributed by atoms with van der Waals surface area (Å²) >= 11 is 1.53. The van der Waals surface area contributed by atoms with Gasteiger partial charge < -0.3 is 14.8 Å². The number of benzene rings is 2. The maximum absolute atomic E-state index is 12.8. The van der Waals surface area contributed by atoms with E-state index in [9.17, 15) is 9.59 Å². The van der Waals surface area contributed by atoms with E-state index in [1.54, 1.807) is 24.3 Å². The SMILES string of the molecule is COc1cccc(OC)c1C(=O)NCCn1nc(-c2sc(-c3ccccc3)nc2C)ccc1=O. The molecule has 4 rings (SSSR count). The van der Waals surface area contributed by atoms with Gasteiger partial charge >= 0.3 is 0 Å². The molecule has 0 saturated carbocycles. The van der Waals surface area contributed by atoms with Crippen molar-refractivity contribution in [3.05, 3.63) is 82.3 Å². The molecule has 0 unspecified atom stereocenters. The average Bonchev–Trinajstić information content (AvgIpc) is 3.26. The van der Waals surface area contributed by atoms with Crippen molar-refractivity contribution in [2.45, 2.75) is 13.5 Å². The van der Waals surface area contributed by atoms with Crippen molar-refractivity contribution >= 4 is 17.2 Å². The normalized spacial score (nSPS) is 10.7. The zero-order chi connectivity index (χ0) is 24.1. The number of carbonyl (C=O) groups excluding carboxylic acids is 1. The van der Waals surface area contributed by atoms with Crippen LogP contribution >= 0.6 is 11.3 Å². The van der Waals surface area contributed by atoms with Crippen LogP contribution in [-0.4, -0.2) is 41.4 Å². The van der Waals surface area contributed by atoms with Crippen LogP contribution in [0.5, 0.6) is 11.5 Å². The topological polar surface area (TPSA) is 95.3 Å². The predicted octanol–water partition coefficient (Wildman–Crippen LogP) is 3.79. The molecule has 9 heteroatoms. The van der Waals surface area contributed by atoms with Gasteiger partial charge in [0.05, 0.1) is 31.3 Å². The van der Waals surface area contributed by atoms with Gasteiger partial charge in [0.25, 0.3) is 11.5 Å². The molecule has 0 aliphatic heterocycles. The van der Waals surface area contributed by atoms with Crippen molar-refractivity contribution < 1.29 is 14.3 Å². The Balaban J connectivity index is 1.51. The monoisotopic (exact) mass is 476 g/mol. The van der Waals surface area contributed by atoms with E-state index in [0.29, 0.717) is 22.8 Å². The van der Waals surface area contributed by atoms with Gasteiger partial charge in [0.1, 0.15) is 27.8 Å². The van der Waals surface area contributed by atoms with E-state index in [4.69, 9.17) is 9.47 Å². The third-order valence-corrected chi connectivity index (χ3v) is 6.41. The lowest BCUT2D eigenvalue weighted by Crippen LogP contribution is -2.32. The molecule has 0 aliphatic rings. The number of aromatic nitrogens is 3.